The summed E-state index contributed by atoms with van der Waals surface area (Å²) in [4.78, 5) is 16.4. The van der Waals surface area contributed by atoms with E-state index in [0.29, 0.717) is 11.1 Å². The van der Waals surface area contributed by atoms with Gasteiger partial charge in [-0.3, -0.25) is 0 Å². The van der Waals surface area contributed by atoms with Gasteiger partial charge in [0, 0.05) is 36.0 Å². The van der Waals surface area contributed by atoms with Crippen LogP contribution in [-0.4, -0.2) is 36.6 Å². The number of nitrogens with one attached hydrogen (secondary N) is 1. The lowest BCUT2D eigenvalue weighted by molar-refractivity contribution is 0.161. The number of anilines is 2. The molecule has 1 aliphatic rings. The highest BCUT2D eigenvalue weighted by Crippen LogP contribution is 2.23. The summed E-state index contributed by atoms with van der Waals surface area (Å²) in [6, 6.07) is 17.8. The summed E-state index contributed by atoms with van der Waals surface area (Å²) >= 11 is 5.94. The molecule has 3 rings (SSSR count). The number of likely N-dealkylation sites (tertiary alicyclic amines) is 1. The molecule has 0 spiro atoms. The van der Waals surface area contributed by atoms with E-state index >= 15 is 0 Å². The van der Waals surface area contributed by atoms with Crippen molar-refractivity contribution in [3.05, 3.63) is 59.6 Å². The molecule has 2 aromatic rings. The number of para-hydroxylation sites is 1. The lowest BCUT2D eigenvalue weighted by Crippen LogP contribution is -2.62. The van der Waals surface area contributed by atoms with Crippen LogP contribution >= 0.6 is 11.6 Å². The van der Waals surface area contributed by atoms with Crippen LogP contribution in [0, 0.1) is 0 Å². The van der Waals surface area contributed by atoms with E-state index in [9.17, 15) is 4.79 Å². The molecule has 4 nitrogen and oxygen atoms in total. The van der Waals surface area contributed by atoms with Gasteiger partial charge in [0.25, 0.3) is 0 Å². The molecule has 2 amide bonds. The molecular weight excluding hydrogens is 310 g/mol. The minimum absolute atomic E-state index is 0.0763. The first-order chi connectivity index (χ1) is 11.2. The van der Waals surface area contributed by atoms with E-state index in [1.54, 1.807) is 12.1 Å². The lowest BCUT2D eigenvalue weighted by atomic mass is 10.1. The van der Waals surface area contributed by atoms with Crippen molar-refractivity contribution in [2.24, 2.45) is 0 Å². The van der Waals surface area contributed by atoms with Gasteiger partial charge in [0.05, 0.1) is 6.04 Å². The SMILES string of the molecule is CCN(c1ccccc1)C1CN(C(=O)Nc2cccc(Cl)c2)C1. The summed E-state index contributed by atoms with van der Waals surface area (Å²) in [5, 5.41) is 3.50. The van der Waals surface area contributed by atoms with Crippen LogP contribution in [0.5, 0.6) is 0 Å². The molecule has 23 heavy (non-hydrogen) atoms. The van der Waals surface area contributed by atoms with Gasteiger partial charge in [-0.05, 0) is 37.3 Å². The Kier molecular flexibility index (Phi) is 4.72. The van der Waals surface area contributed by atoms with E-state index in [4.69, 9.17) is 11.6 Å². The Morgan fingerprint density at radius 2 is 1.96 bits per heavy atom. The maximum absolute atomic E-state index is 12.3. The van der Waals surface area contributed by atoms with Gasteiger partial charge < -0.3 is 15.1 Å². The number of amides is 2. The Hall–Kier alpha value is -2.20. The molecular formula is C18H20ClN3O. The van der Waals surface area contributed by atoms with E-state index < -0.39 is 0 Å². The van der Waals surface area contributed by atoms with Crippen LogP contribution in [0.2, 0.25) is 5.02 Å². The molecule has 0 unspecified atom stereocenters. The first-order valence-corrected chi connectivity index (χ1v) is 8.18. The zero-order valence-electron chi connectivity index (χ0n) is 13.1. The Labute approximate surface area is 141 Å². The van der Waals surface area contributed by atoms with E-state index in [1.807, 2.05) is 35.2 Å². The maximum Gasteiger partial charge on any atom is 0.321 e. The number of carbonyl (C=O) groups excluding carboxylic acids is 1. The van der Waals surface area contributed by atoms with Crippen LogP contribution in [0.4, 0.5) is 16.2 Å². The Bertz CT molecular complexity index is 671. The zero-order chi connectivity index (χ0) is 16.2. The Balaban J connectivity index is 1.56. The largest absolute Gasteiger partial charge is 0.365 e. The molecule has 0 bridgehead atoms. The lowest BCUT2D eigenvalue weighted by Gasteiger charge is -2.46. The van der Waals surface area contributed by atoms with Gasteiger partial charge in [0.2, 0.25) is 0 Å². The summed E-state index contributed by atoms with van der Waals surface area (Å²) in [6.07, 6.45) is 0. The topological polar surface area (TPSA) is 35.6 Å². The van der Waals surface area contributed by atoms with Crippen molar-refractivity contribution in [2.45, 2.75) is 13.0 Å². The number of carbonyl (C=O) groups is 1. The summed E-state index contributed by atoms with van der Waals surface area (Å²) in [7, 11) is 0. The van der Waals surface area contributed by atoms with Crippen molar-refractivity contribution in [3.63, 3.8) is 0 Å². The molecule has 0 radical (unpaired) electrons. The maximum atomic E-state index is 12.3. The third-order valence-corrected chi connectivity index (χ3v) is 4.33. The first-order valence-electron chi connectivity index (χ1n) is 7.80. The third kappa shape index (κ3) is 3.59. The second-order valence-corrected chi connectivity index (χ2v) is 6.06. The number of nitrogens with zero attached hydrogens (tertiary/aromatic N) is 2. The average Bonchev–Trinajstić information content (AvgIpc) is 2.51. The number of urea groups is 1. The van der Waals surface area contributed by atoms with Crippen LogP contribution in [0.1, 0.15) is 6.92 Å². The highest BCUT2D eigenvalue weighted by Gasteiger charge is 2.34. The monoisotopic (exact) mass is 329 g/mol. The molecule has 0 saturated carbocycles. The summed E-state index contributed by atoms with van der Waals surface area (Å²) < 4.78 is 0. The molecule has 1 aliphatic heterocycles. The molecule has 5 heteroatoms. The van der Waals surface area contributed by atoms with Crippen LogP contribution in [0.3, 0.4) is 0 Å². The van der Waals surface area contributed by atoms with E-state index in [2.05, 4.69) is 29.3 Å². The highest BCUT2D eigenvalue weighted by atomic mass is 35.5. The second kappa shape index (κ2) is 6.92. The molecule has 120 valence electrons. The smallest absolute Gasteiger partial charge is 0.321 e. The van der Waals surface area contributed by atoms with E-state index in [1.165, 1.54) is 5.69 Å². The zero-order valence-corrected chi connectivity index (χ0v) is 13.8. The molecule has 0 aliphatic carbocycles. The van der Waals surface area contributed by atoms with Crippen molar-refractivity contribution in [1.29, 1.82) is 0 Å². The van der Waals surface area contributed by atoms with Crippen LogP contribution < -0.4 is 10.2 Å². The average molecular weight is 330 g/mol. The van der Waals surface area contributed by atoms with Crippen molar-refractivity contribution in [2.75, 3.05) is 29.9 Å². The minimum atomic E-state index is -0.0763. The fourth-order valence-electron chi connectivity index (χ4n) is 2.86. The molecule has 0 atom stereocenters. The van der Waals surface area contributed by atoms with Crippen LogP contribution in [0.25, 0.3) is 0 Å². The van der Waals surface area contributed by atoms with Gasteiger partial charge in [-0.1, -0.05) is 35.9 Å². The molecule has 1 saturated heterocycles. The highest BCUT2D eigenvalue weighted by molar-refractivity contribution is 6.30. The minimum Gasteiger partial charge on any atom is -0.365 e. The van der Waals surface area contributed by atoms with E-state index in [-0.39, 0.29) is 6.03 Å². The quantitative estimate of drug-likeness (QED) is 0.917. The standard InChI is InChI=1S/C18H20ClN3O/c1-2-22(16-9-4-3-5-10-16)17-12-21(13-17)18(23)20-15-8-6-7-14(19)11-15/h3-11,17H,2,12-13H2,1H3,(H,20,23). The van der Waals surface area contributed by atoms with E-state index in [0.717, 1.165) is 25.3 Å². The van der Waals surface area contributed by atoms with Crippen molar-refractivity contribution in [1.82, 2.24) is 4.90 Å². The van der Waals surface area contributed by atoms with Crippen LogP contribution in [-0.2, 0) is 0 Å². The van der Waals surface area contributed by atoms with Gasteiger partial charge in [0.1, 0.15) is 0 Å². The van der Waals surface area contributed by atoms with Gasteiger partial charge in [-0.25, -0.2) is 4.79 Å². The van der Waals surface area contributed by atoms with Gasteiger partial charge in [-0.2, -0.15) is 0 Å². The van der Waals surface area contributed by atoms with Gasteiger partial charge in [0.15, 0.2) is 0 Å². The summed E-state index contributed by atoms with van der Waals surface area (Å²) in [6.45, 7) is 4.53. The van der Waals surface area contributed by atoms with Gasteiger partial charge in [-0.15, -0.1) is 0 Å². The van der Waals surface area contributed by atoms with Gasteiger partial charge >= 0.3 is 6.03 Å². The summed E-state index contributed by atoms with van der Waals surface area (Å²) in [5.41, 5.74) is 1.93. The fraction of sp³-hybridized carbons (Fsp3) is 0.278. The first kappa shape index (κ1) is 15.7. The molecule has 1 N–H and O–H groups in total. The third-order valence-electron chi connectivity index (χ3n) is 4.09. The Morgan fingerprint density at radius 1 is 1.22 bits per heavy atom. The predicted octanol–water partition coefficient (Wildman–Crippen LogP) is 4.08. The van der Waals surface area contributed by atoms with Crippen molar-refractivity contribution < 1.29 is 4.79 Å². The summed E-state index contributed by atoms with van der Waals surface area (Å²) in [5.74, 6) is 0. The molecule has 2 aromatic carbocycles. The Morgan fingerprint density at radius 3 is 2.61 bits per heavy atom. The van der Waals surface area contributed by atoms with Crippen molar-refractivity contribution >= 4 is 29.0 Å². The number of likely N-dealkylation sites (N-methyl/N-ethyl adjacent to an activating group) is 1. The van der Waals surface area contributed by atoms with Crippen LogP contribution in [0.15, 0.2) is 54.6 Å². The predicted molar refractivity (Wildman–Crippen MR) is 95.3 cm³/mol. The molecule has 1 fully saturated rings. The number of hydrogen-bond donors (Lipinski definition) is 1. The number of halogens is 1. The fourth-order valence-corrected chi connectivity index (χ4v) is 3.05. The molecule has 1 heterocycles. The number of benzene rings is 2. The molecule has 0 aromatic heterocycles. The normalized spacial score (nSPS) is 14.3. The number of rotatable bonds is 4. The second-order valence-electron chi connectivity index (χ2n) is 5.62. The van der Waals surface area contributed by atoms with Crippen molar-refractivity contribution in [3.8, 4) is 0 Å². The number of hydrogen-bond acceptors (Lipinski definition) is 2.